The number of ether oxygens (including phenoxy) is 1. The third-order valence-electron chi connectivity index (χ3n) is 1.68. The van der Waals surface area contributed by atoms with Crippen LogP contribution in [-0.4, -0.2) is 37.3 Å². The summed E-state index contributed by atoms with van der Waals surface area (Å²) in [6.45, 7) is 2.81. The van der Waals surface area contributed by atoms with E-state index in [0.29, 0.717) is 13.1 Å². The van der Waals surface area contributed by atoms with E-state index in [0.717, 1.165) is 13.2 Å². The standard InChI is InChI=1S/C5H12N2O.2H2O.Pt/c6-1-5(2-7)3-8-4-5;;;/h1-4,6-7H2;2*1H2;/q;;;+2/p-2. The molecule has 0 atom stereocenters. The minimum atomic E-state index is 0. The Kier molecular flexibility index (Phi) is 11.4. The number of hydrogen-bond donors (Lipinski definition) is 2. The Hall–Kier alpha value is 0.488. The first-order valence-corrected chi connectivity index (χ1v) is 2.81. The van der Waals surface area contributed by atoms with Crippen molar-refractivity contribution in [1.29, 1.82) is 0 Å². The van der Waals surface area contributed by atoms with Gasteiger partial charge in [0.1, 0.15) is 0 Å². The third-order valence-corrected chi connectivity index (χ3v) is 1.68. The molecule has 0 amide bonds. The van der Waals surface area contributed by atoms with Crippen LogP contribution in [-0.2, 0) is 25.8 Å². The molecule has 1 aliphatic rings. The van der Waals surface area contributed by atoms with Gasteiger partial charge in [-0.15, -0.1) is 0 Å². The molecule has 5 nitrogen and oxygen atoms in total. The molecule has 1 aliphatic heterocycles. The van der Waals surface area contributed by atoms with Gasteiger partial charge in [-0.2, -0.15) is 0 Å². The fourth-order valence-electron chi connectivity index (χ4n) is 0.710. The van der Waals surface area contributed by atoms with Crippen molar-refractivity contribution < 1.29 is 36.8 Å². The first-order chi connectivity index (χ1) is 3.83. The molecular formula is C5H14N2O3Pt. The van der Waals surface area contributed by atoms with Crippen molar-refractivity contribution in [3.63, 3.8) is 0 Å². The molecule has 1 fully saturated rings. The minimum Gasteiger partial charge on any atom is -0.870 e. The maximum absolute atomic E-state index is 5.42. The van der Waals surface area contributed by atoms with Gasteiger partial charge in [-0.05, 0) is 0 Å². The molecule has 0 bridgehead atoms. The van der Waals surface area contributed by atoms with E-state index in [1.54, 1.807) is 0 Å². The van der Waals surface area contributed by atoms with Gasteiger partial charge in [-0.25, -0.2) is 0 Å². The second kappa shape index (κ2) is 7.15. The van der Waals surface area contributed by atoms with Crippen molar-refractivity contribution in [2.45, 2.75) is 0 Å². The molecule has 1 saturated heterocycles. The van der Waals surface area contributed by atoms with Crippen LogP contribution in [0.2, 0.25) is 0 Å². The molecule has 72 valence electrons. The van der Waals surface area contributed by atoms with Crippen molar-refractivity contribution in [3.8, 4) is 0 Å². The van der Waals surface area contributed by atoms with Crippen LogP contribution in [0.25, 0.3) is 0 Å². The molecule has 11 heavy (non-hydrogen) atoms. The zero-order valence-corrected chi connectivity index (χ0v) is 8.37. The Morgan fingerprint density at radius 2 is 1.45 bits per heavy atom. The molecule has 0 unspecified atom stereocenters. The average molecular weight is 345 g/mol. The maximum Gasteiger partial charge on any atom is 2.00 e. The van der Waals surface area contributed by atoms with Crippen LogP contribution >= 0.6 is 0 Å². The Morgan fingerprint density at radius 3 is 1.45 bits per heavy atom. The average Bonchev–Trinajstić information content (AvgIpc) is 1.67. The number of nitrogens with two attached hydrogens (primary N) is 2. The van der Waals surface area contributed by atoms with Crippen molar-refractivity contribution in [1.82, 2.24) is 0 Å². The number of rotatable bonds is 2. The Balaban J connectivity index is -0.000000213. The van der Waals surface area contributed by atoms with E-state index in [1.807, 2.05) is 0 Å². The molecule has 0 radical (unpaired) electrons. The normalized spacial score (nSPS) is 18.0. The Bertz CT molecular complexity index is 76.3. The summed E-state index contributed by atoms with van der Waals surface area (Å²) in [7, 11) is 0. The van der Waals surface area contributed by atoms with Crippen LogP contribution in [0.15, 0.2) is 0 Å². The van der Waals surface area contributed by atoms with Crippen LogP contribution in [0.4, 0.5) is 0 Å². The van der Waals surface area contributed by atoms with E-state index in [2.05, 4.69) is 0 Å². The molecule has 1 heterocycles. The minimum absolute atomic E-state index is 0. The summed E-state index contributed by atoms with van der Waals surface area (Å²) in [5.74, 6) is 0. The van der Waals surface area contributed by atoms with E-state index in [1.165, 1.54) is 0 Å². The van der Waals surface area contributed by atoms with Gasteiger partial charge in [0, 0.05) is 18.5 Å². The van der Waals surface area contributed by atoms with Gasteiger partial charge >= 0.3 is 21.1 Å². The van der Waals surface area contributed by atoms with Crippen molar-refractivity contribution in [2.24, 2.45) is 16.9 Å². The molecule has 0 aliphatic carbocycles. The topological polar surface area (TPSA) is 121 Å². The van der Waals surface area contributed by atoms with Crippen LogP contribution in [0.5, 0.6) is 0 Å². The maximum atomic E-state index is 5.42. The molecule has 0 saturated carbocycles. The largest absolute Gasteiger partial charge is 2.00 e. The van der Waals surface area contributed by atoms with Crippen molar-refractivity contribution in [2.75, 3.05) is 26.3 Å². The smallest absolute Gasteiger partial charge is 0.870 e. The Morgan fingerprint density at radius 1 is 1.09 bits per heavy atom. The Labute approximate surface area is 80.3 Å². The zero-order chi connectivity index (χ0) is 6.04. The fraction of sp³-hybridized carbons (Fsp3) is 1.00. The molecule has 0 aromatic rings. The number of hydrogen-bond acceptors (Lipinski definition) is 5. The molecule has 6 heteroatoms. The van der Waals surface area contributed by atoms with E-state index in [9.17, 15) is 0 Å². The quantitative estimate of drug-likeness (QED) is 0.635. The molecular weight excluding hydrogens is 331 g/mol. The predicted molar refractivity (Wildman–Crippen MR) is 35.2 cm³/mol. The summed E-state index contributed by atoms with van der Waals surface area (Å²) in [6.07, 6.45) is 0. The van der Waals surface area contributed by atoms with Gasteiger partial charge in [-0.3, -0.25) is 0 Å². The molecule has 0 aromatic heterocycles. The monoisotopic (exact) mass is 345 g/mol. The summed E-state index contributed by atoms with van der Waals surface area (Å²) in [5.41, 5.74) is 11.0. The fourth-order valence-corrected chi connectivity index (χ4v) is 0.710. The third kappa shape index (κ3) is 3.60. The summed E-state index contributed by atoms with van der Waals surface area (Å²) in [5, 5.41) is 0. The first-order valence-electron chi connectivity index (χ1n) is 2.81. The van der Waals surface area contributed by atoms with E-state index < -0.39 is 0 Å². The van der Waals surface area contributed by atoms with Crippen LogP contribution in [0.3, 0.4) is 0 Å². The zero-order valence-electron chi connectivity index (χ0n) is 6.10. The molecule has 1 rings (SSSR count). The van der Waals surface area contributed by atoms with Gasteiger partial charge in [0.2, 0.25) is 0 Å². The van der Waals surface area contributed by atoms with Gasteiger partial charge in [0.25, 0.3) is 0 Å². The van der Waals surface area contributed by atoms with Crippen molar-refractivity contribution in [3.05, 3.63) is 0 Å². The van der Waals surface area contributed by atoms with E-state index in [-0.39, 0.29) is 37.4 Å². The van der Waals surface area contributed by atoms with E-state index >= 15 is 0 Å². The summed E-state index contributed by atoms with van der Waals surface area (Å²) in [4.78, 5) is 0. The second-order valence-electron chi connectivity index (χ2n) is 2.40. The van der Waals surface area contributed by atoms with Gasteiger partial charge in [-0.1, -0.05) is 0 Å². The molecule has 6 N–H and O–H groups in total. The summed E-state index contributed by atoms with van der Waals surface area (Å²) < 4.78 is 4.96. The van der Waals surface area contributed by atoms with Crippen molar-refractivity contribution >= 4 is 0 Å². The second-order valence-corrected chi connectivity index (χ2v) is 2.40. The molecule has 0 aromatic carbocycles. The van der Waals surface area contributed by atoms with Gasteiger partial charge in [0.05, 0.1) is 13.2 Å². The van der Waals surface area contributed by atoms with Crippen LogP contribution in [0.1, 0.15) is 0 Å². The SMILES string of the molecule is NCC1(CN)COC1.[OH-].[OH-].[Pt+2]. The van der Waals surface area contributed by atoms with Gasteiger partial charge < -0.3 is 27.2 Å². The first kappa shape index (κ1) is 17.5. The summed E-state index contributed by atoms with van der Waals surface area (Å²) >= 11 is 0. The van der Waals surface area contributed by atoms with Gasteiger partial charge in [0.15, 0.2) is 0 Å². The van der Waals surface area contributed by atoms with E-state index in [4.69, 9.17) is 16.2 Å². The van der Waals surface area contributed by atoms with Crippen LogP contribution < -0.4 is 11.5 Å². The molecule has 0 spiro atoms. The van der Waals surface area contributed by atoms with Crippen LogP contribution in [0, 0.1) is 5.41 Å². The summed E-state index contributed by atoms with van der Waals surface area (Å²) in [6, 6.07) is 0. The predicted octanol–water partition coefficient (Wildman–Crippen LogP) is -1.44.